The van der Waals surface area contributed by atoms with Crippen molar-refractivity contribution in [3.8, 4) is 0 Å². The van der Waals surface area contributed by atoms with Gasteiger partial charge >= 0.3 is 0 Å². The van der Waals surface area contributed by atoms with Crippen LogP contribution in [0.2, 0.25) is 5.02 Å². The minimum Gasteiger partial charge on any atom is -0.339 e. The number of pyridine rings is 1. The number of anilines is 1. The van der Waals surface area contributed by atoms with Gasteiger partial charge in [-0.3, -0.25) is 14.6 Å². The van der Waals surface area contributed by atoms with Crippen molar-refractivity contribution in [2.45, 2.75) is 19.8 Å². The number of hydrogen-bond acceptors (Lipinski definition) is 3. The molecule has 5 nitrogen and oxygen atoms in total. The Morgan fingerprint density at radius 3 is 2.57 bits per heavy atom. The first-order chi connectivity index (χ1) is 13.5. The molecular formula is C22H20ClN3O2. The number of halogens is 1. The second-order valence-electron chi connectivity index (χ2n) is 6.97. The molecule has 1 aliphatic rings. The zero-order valence-corrected chi connectivity index (χ0v) is 16.3. The van der Waals surface area contributed by atoms with E-state index in [1.165, 1.54) is 0 Å². The summed E-state index contributed by atoms with van der Waals surface area (Å²) < 4.78 is 0. The van der Waals surface area contributed by atoms with Gasteiger partial charge in [-0.05, 0) is 50.1 Å². The second-order valence-corrected chi connectivity index (χ2v) is 7.41. The van der Waals surface area contributed by atoms with Gasteiger partial charge < -0.3 is 10.2 Å². The minimum atomic E-state index is -0.292. The number of carbonyl (C=O) groups excluding carboxylic acids is 2. The summed E-state index contributed by atoms with van der Waals surface area (Å²) in [5.74, 6) is -0.375. The number of aromatic nitrogens is 1. The molecule has 1 N–H and O–H groups in total. The van der Waals surface area contributed by atoms with Crippen LogP contribution in [0.15, 0.2) is 48.5 Å². The van der Waals surface area contributed by atoms with Crippen molar-refractivity contribution in [2.24, 2.45) is 0 Å². The number of hydrogen-bond donors (Lipinski definition) is 1. The SMILES string of the molecule is Cc1cc(C(=O)Nc2cc(Cl)ccc2C(=O)N2CCCC2)c2ccccc2n1. The molecule has 1 aliphatic heterocycles. The van der Waals surface area contributed by atoms with Gasteiger partial charge in [0.2, 0.25) is 0 Å². The molecular weight excluding hydrogens is 374 g/mol. The Hall–Kier alpha value is -2.92. The molecule has 6 heteroatoms. The van der Waals surface area contributed by atoms with E-state index in [9.17, 15) is 9.59 Å². The summed E-state index contributed by atoms with van der Waals surface area (Å²) in [5, 5.41) is 4.12. The predicted octanol–water partition coefficient (Wildman–Crippen LogP) is 4.68. The van der Waals surface area contributed by atoms with E-state index in [-0.39, 0.29) is 11.8 Å². The zero-order chi connectivity index (χ0) is 19.7. The van der Waals surface area contributed by atoms with E-state index >= 15 is 0 Å². The fourth-order valence-electron chi connectivity index (χ4n) is 3.58. The van der Waals surface area contributed by atoms with E-state index in [2.05, 4.69) is 10.3 Å². The first-order valence-electron chi connectivity index (χ1n) is 9.29. The van der Waals surface area contributed by atoms with Crippen molar-refractivity contribution in [3.63, 3.8) is 0 Å². The third-order valence-electron chi connectivity index (χ3n) is 4.94. The van der Waals surface area contributed by atoms with E-state index in [0.29, 0.717) is 21.8 Å². The Bertz CT molecular complexity index is 1070. The Kier molecular flexibility index (Phi) is 5.01. The maximum absolute atomic E-state index is 13.1. The number of fused-ring (bicyclic) bond motifs is 1. The number of carbonyl (C=O) groups is 2. The first kappa shape index (κ1) is 18.4. The average Bonchev–Trinajstić information content (AvgIpc) is 3.21. The molecule has 142 valence electrons. The molecule has 1 aromatic heterocycles. The predicted molar refractivity (Wildman–Crippen MR) is 111 cm³/mol. The smallest absolute Gasteiger partial charge is 0.256 e. The monoisotopic (exact) mass is 393 g/mol. The van der Waals surface area contributed by atoms with E-state index in [1.54, 1.807) is 24.3 Å². The van der Waals surface area contributed by atoms with Gasteiger partial charge in [0.15, 0.2) is 0 Å². The third-order valence-corrected chi connectivity index (χ3v) is 5.18. The van der Waals surface area contributed by atoms with Crippen LogP contribution in [0.25, 0.3) is 10.9 Å². The van der Waals surface area contributed by atoms with Crippen molar-refractivity contribution < 1.29 is 9.59 Å². The molecule has 0 spiro atoms. The highest BCUT2D eigenvalue weighted by atomic mass is 35.5. The Labute approximate surface area is 168 Å². The number of aryl methyl sites for hydroxylation is 1. The number of nitrogens with zero attached hydrogens (tertiary/aromatic N) is 2. The molecule has 0 aliphatic carbocycles. The van der Waals surface area contributed by atoms with Crippen LogP contribution in [0.4, 0.5) is 5.69 Å². The molecule has 1 fully saturated rings. The molecule has 0 unspecified atom stereocenters. The van der Waals surface area contributed by atoms with Crippen molar-refractivity contribution in [1.82, 2.24) is 9.88 Å². The number of amides is 2. The highest BCUT2D eigenvalue weighted by molar-refractivity contribution is 6.31. The van der Waals surface area contributed by atoms with Crippen molar-refractivity contribution in [1.29, 1.82) is 0 Å². The van der Waals surface area contributed by atoms with E-state index in [0.717, 1.165) is 42.5 Å². The maximum Gasteiger partial charge on any atom is 0.256 e. The van der Waals surface area contributed by atoms with Crippen molar-refractivity contribution >= 4 is 40.0 Å². The molecule has 0 radical (unpaired) electrons. The highest BCUT2D eigenvalue weighted by Gasteiger charge is 2.23. The lowest BCUT2D eigenvalue weighted by Gasteiger charge is -2.18. The summed E-state index contributed by atoms with van der Waals surface area (Å²) >= 11 is 6.14. The second kappa shape index (κ2) is 7.60. The van der Waals surface area contributed by atoms with Crippen LogP contribution < -0.4 is 5.32 Å². The van der Waals surface area contributed by atoms with Crippen LogP contribution in [0.5, 0.6) is 0 Å². The summed E-state index contributed by atoms with van der Waals surface area (Å²) in [4.78, 5) is 32.3. The summed E-state index contributed by atoms with van der Waals surface area (Å²) in [5.41, 5.74) is 2.90. The molecule has 28 heavy (non-hydrogen) atoms. The quantitative estimate of drug-likeness (QED) is 0.702. The van der Waals surface area contributed by atoms with Crippen LogP contribution in [-0.4, -0.2) is 34.8 Å². The summed E-state index contributed by atoms with van der Waals surface area (Å²) in [6.07, 6.45) is 2.01. The highest BCUT2D eigenvalue weighted by Crippen LogP contribution is 2.26. The largest absolute Gasteiger partial charge is 0.339 e. The fraction of sp³-hybridized carbons (Fsp3) is 0.227. The molecule has 4 rings (SSSR count). The lowest BCUT2D eigenvalue weighted by molar-refractivity contribution is 0.0794. The molecule has 0 bridgehead atoms. The molecule has 2 amide bonds. The Balaban J connectivity index is 1.71. The summed E-state index contributed by atoms with van der Waals surface area (Å²) in [7, 11) is 0. The van der Waals surface area contributed by atoms with Gasteiger partial charge in [0.05, 0.1) is 22.3 Å². The zero-order valence-electron chi connectivity index (χ0n) is 15.5. The van der Waals surface area contributed by atoms with E-state index < -0.39 is 0 Å². The van der Waals surface area contributed by atoms with E-state index in [1.807, 2.05) is 36.1 Å². The van der Waals surface area contributed by atoms with Crippen LogP contribution in [0.3, 0.4) is 0 Å². The van der Waals surface area contributed by atoms with Crippen LogP contribution in [-0.2, 0) is 0 Å². The Morgan fingerprint density at radius 1 is 1.04 bits per heavy atom. The van der Waals surface area contributed by atoms with Gasteiger partial charge in [0.1, 0.15) is 0 Å². The van der Waals surface area contributed by atoms with Crippen LogP contribution >= 0.6 is 11.6 Å². The number of nitrogens with one attached hydrogen (secondary N) is 1. The fourth-order valence-corrected chi connectivity index (χ4v) is 3.75. The standard InChI is InChI=1S/C22H20ClN3O2/c1-14-12-18(16-6-2-3-7-19(16)24-14)21(27)25-20-13-15(23)8-9-17(20)22(28)26-10-4-5-11-26/h2-3,6-9,12-13H,4-5,10-11H2,1H3,(H,25,27). The normalized spacial score (nSPS) is 13.7. The summed E-state index contributed by atoms with van der Waals surface area (Å²) in [6, 6.07) is 14.2. The van der Waals surface area contributed by atoms with Crippen LogP contribution in [0.1, 0.15) is 39.3 Å². The maximum atomic E-state index is 13.1. The number of para-hydroxylation sites is 1. The first-order valence-corrected chi connectivity index (χ1v) is 9.67. The van der Waals surface area contributed by atoms with E-state index in [4.69, 9.17) is 11.6 Å². The van der Waals surface area contributed by atoms with Gasteiger partial charge in [-0.2, -0.15) is 0 Å². The van der Waals surface area contributed by atoms with Gasteiger partial charge in [-0.1, -0.05) is 29.8 Å². The van der Waals surface area contributed by atoms with Gasteiger partial charge in [0.25, 0.3) is 11.8 Å². The van der Waals surface area contributed by atoms with Gasteiger partial charge in [-0.25, -0.2) is 0 Å². The van der Waals surface area contributed by atoms with Crippen molar-refractivity contribution in [2.75, 3.05) is 18.4 Å². The molecule has 1 saturated heterocycles. The van der Waals surface area contributed by atoms with Gasteiger partial charge in [-0.15, -0.1) is 0 Å². The third kappa shape index (κ3) is 3.58. The lowest BCUT2D eigenvalue weighted by atomic mass is 10.1. The number of likely N-dealkylation sites (tertiary alicyclic amines) is 1. The molecule has 2 heterocycles. The lowest BCUT2D eigenvalue weighted by Crippen LogP contribution is -2.29. The average molecular weight is 394 g/mol. The minimum absolute atomic E-state index is 0.0831. The molecule has 3 aromatic rings. The number of rotatable bonds is 3. The van der Waals surface area contributed by atoms with Gasteiger partial charge in [0, 0.05) is 29.2 Å². The molecule has 0 atom stereocenters. The Morgan fingerprint density at radius 2 is 1.79 bits per heavy atom. The van der Waals surface area contributed by atoms with Crippen LogP contribution in [0, 0.1) is 6.92 Å². The topological polar surface area (TPSA) is 62.3 Å². The molecule has 2 aromatic carbocycles. The summed E-state index contributed by atoms with van der Waals surface area (Å²) in [6.45, 7) is 3.33. The van der Waals surface area contributed by atoms with Crippen molar-refractivity contribution in [3.05, 3.63) is 70.4 Å². The molecule has 0 saturated carbocycles. The number of benzene rings is 2.